The lowest BCUT2D eigenvalue weighted by atomic mass is 10.1. The zero-order chi connectivity index (χ0) is 16.2. The van der Waals surface area contributed by atoms with Crippen LogP contribution in [0.15, 0.2) is 46.0 Å². The number of carbonyl (C=O) groups is 1. The zero-order valence-electron chi connectivity index (χ0n) is 12.2. The number of aryl methyl sites for hydroxylation is 1. The molecule has 0 radical (unpaired) electrons. The normalized spacial score (nSPS) is 12.8. The maximum Gasteiger partial charge on any atom is 0.238 e. The molecule has 1 unspecified atom stereocenters. The lowest BCUT2D eigenvalue weighted by Crippen LogP contribution is -2.26. The molecule has 3 N–H and O–H groups in total. The Labute approximate surface area is 134 Å². The molecule has 0 aliphatic carbocycles. The van der Waals surface area contributed by atoms with Gasteiger partial charge in [0.2, 0.25) is 15.9 Å². The molecule has 5 nitrogen and oxygen atoms in total. The minimum absolute atomic E-state index is 0.0331. The Hall–Kier alpha value is -1.70. The molecule has 1 aromatic heterocycles. The molecule has 118 valence electrons. The van der Waals surface area contributed by atoms with Crippen molar-refractivity contribution in [3.8, 4) is 0 Å². The summed E-state index contributed by atoms with van der Waals surface area (Å²) < 4.78 is 22.4. The third-order valence-corrected chi connectivity index (χ3v) is 4.97. The van der Waals surface area contributed by atoms with Crippen LogP contribution in [0.3, 0.4) is 0 Å². The van der Waals surface area contributed by atoms with Crippen LogP contribution >= 0.6 is 11.3 Å². The number of benzene rings is 1. The largest absolute Gasteiger partial charge is 0.350 e. The molecule has 0 aliphatic rings. The number of nitrogens with two attached hydrogens (primary N) is 1. The van der Waals surface area contributed by atoms with E-state index < -0.39 is 10.0 Å². The molecule has 0 saturated carbocycles. The van der Waals surface area contributed by atoms with Gasteiger partial charge in [-0.3, -0.25) is 4.79 Å². The van der Waals surface area contributed by atoms with Crippen LogP contribution in [0, 0.1) is 0 Å². The van der Waals surface area contributed by atoms with Crippen molar-refractivity contribution >= 4 is 27.3 Å². The van der Waals surface area contributed by atoms with Crippen LogP contribution in [0.25, 0.3) is 0 Å². The maximum atomic E-state index is 11.9. The molecule has 0 saturated heterocycles. The van der Waals surface area contributed by atoms with Gasteiger partial charge in [-0.15, -0.1) is 0 Å². The van der Waals surface area contributed by atoms with Gasteiger partial charge in [-0.2, -0.15) is 11.3 Å². The smallest absolute Gasteiger partial charge is 0.238 e. The Kier molecular flexibility index (Phi) is 5.33. The summed E-state index contributed by atoms with van der Waals surface area (Å²) in [5, 5.41) is 12.0. The fraction of sp³-hybridized carbons (Fsp3) is 0.267. The predicted octanol–water partition coefficient (Wildman–Crippen LogP) is 2.21. The lowest BCUT2D eigenvalue weighted by Gasteiger charge is -2.14. The van der Waals surface area contributed by atoms with Crippen LogP contribution in [0.2, 0.25) is 0 Å². The summed E-state index contributed by atoms with van der Waals surface area (Å²) in [5.41, 5.74) is 1.99. The molecule has 0 bridgehead atoms. The van der Waals surface area contributed by atoms with E-state index in [9.17, 15) is 13.2 Å². The monoisotopic (exact) mass is 338 g/mol. The van der Waals surface area contributed by atoms with Crippen molar-refractivity contribution in [3.05, 3.63) is 52.2 Å². The summed E-state index contributed by atoms with van der Waals surface area (Å²) in [7, 11) is -3.69. The third kappa shape index (κ3) is 4.66. The van der Waals surface area contributed by atoms with Crippen molar-refractivity contribution in [3.63, 3.8) is 0 Å². The summed E-state index contributed by atoms with van der Waals surface area (Å²) >= 11 is 1.61. The molecule has 0 aliphatic heterocycles. The average molecular weight is 338 g/mol. The highest BCUT2D eigenvalue weighted by Crippen LogP contribution is 2.16. The van der Waals surface area contributed by atoms with E-state index in [-0.39, 0.29) is 16.8 Å². The lowest BCUT2D eigenvalue weighted by molar-refractivity contribution is -0.121. The van der Waals surface area contributed by atoms with Gasteiger partial charge in [0.1, 0.15) is 0 Å². The molecular formula is C15H18N2O3S2. The van der Waals surface area contributed by atoms with E-state index in [0.717, 1.165) is 11.1 Å². The zero-order valence-corrected chi connectivity index (χ0v) is 13.8. The molecule has 22 heavy (non-hydrogen) atoms. The molecule has 7 heteroatoms. The number of rotatable bonds is 6. The first kappa shape index (κ1) is 16.7. The van der Waals surface area contributed by atoms with E-state index >= 15 is 0 Å². The minimum atomic E-state index is -3.69. The third-order valence-electron chi connectivity index (χ3n) is 3.31. The Balaban J connectivity index is 1.91. The number of hydrogen-bond donors (Lipinski definition) is 2. The Bertz CT molecular complexity index is 723. The summed E-state index contributed by atoms with van der Waals surface area (Å²) in [6.07, 6.45) is 1.14. The van der Waals surface area contributed by atoms with E-state index in [4.69, 9.17) is 5.14 Å². The van der Waals surface area contributed by atoms with E-state index in [1.54, 1.807) is 23.5 Å². The van der Waals surface area contributed by atoms with Gasteiger partial charge in [-0.1, -0.05) is 12.1 Å². The number of nitrogens with one attached hydrogen (secondary N) is 1. The van der Waals surface area contributed by atoms with Gasteiger partial charge in [0.05, 0.1) is 10.9 Å². The number of primary sulfonamides is 1. The molecule has 1 heterocycles. The first-order valence-corrected chi connectivity index (χ1v) is 9.28. The van der Waals surface area contributed by atoms with Crippen LogP contribution in [0.5, 0.6) is 0 Å². The van der Waals surface area contributed by atoms with Crippen molar-refractivity contribution in [1.82, 2.24) is 5.32 Å². The fourth-order valence-corrected chi connectivity index (χ4v) is 3.25. The number of amides is 1. The number of hydrogen-bond acceptors (Lipinski definition) is 4. The van der Waals surface area contributed by atoms with E-state index in [0.29, 0.717) is 12.8 Å². The fourth-order valence-electron chi connectivity index (χ4n) is 2.04. The molecular weight excluding hydrogens is 320 g/mol. The number of thiophene rings is 1. The second kappa shape index (κ2) is 7.04. The maximum absolute atomic E-state index is 11.9. The van der Waals surface area contributed by atoms with Crippen LogP contribution < -0.4 is 10.5 Å². The highest BCUT2D eigenvalue weighted by atomic mass is 32.2. The van der Waals surface area contributed by atoms with Gasteiger partial charge in [0.25, 0.3) is 0 Å². The van der Waals surface area contributed by atoms with Gasteiger partial charge in [0, 0.05) is 6.42 Å². The summed E-state index contributed by atoms with van der Waals surface area (Å²) in [6, 6.07) is 8.02. The van der Waals surface area contributed by atoms with Crippen LogP contribution in [-0.2, 0) is 21.2 Å². The van der Waals surface area contributed by atoms with Gasteiger partial charge in [-0.25, -0.2) is 13.6 Å². The van der Waals surface area contributed by atoms with E-state index in [1.807, 2.05) is 23.8 Å². The van der Waals surface area contributed by atoms with E-state index in [2.05, 4.69) is 5.32 Å². The van der Waals surface area contributed by atoms with Gasteiger partial charge in [-0.05, 0) is 53.4 Å². The van der Waals surface area contributed by atoms with Gasteiger partial charge >= 0.3 is 0 Å². The second-order valence-corrected chi connectivity index (χ2v) is 7.38. The van der Waals surface area contributed by atoms with Crippen molar-refractivity contribution in [2.45, 2.75) is 30.7 Å². The van der Waals surface area contributed by atoms with E-state index in [1.165, 1.54) is 12.1 Å². The van der Waals surface area contributed by atoms with Crippen molar-refractivity contribution in [2.24, 2.45) is 5.14 Å². The molecule has 2 rings (SSSR count). The van der Waals surface area contributed by atoms with Crippen molar-refractivity contribution in [2.75, 3.05) is 0 Å². The van der Waals surface area contributed by atoms with Gasteiger partial charge in [0.15, 0.2) is 0 Å². The molecule has 2 aromatic rings. The first-order valence-electron chi connectivity index (χ1n) is 6.79. The highest BCUT2D eigenvalue weighted by Gasteiger charge is 2.12. The van der Waals surface area contributed by atoms with Gasteiger partial charge < -0.3 is 5.32 Å². The molecule has 1 amide bonds. The highest BCUT2D eigenvalue weighted by molar-refractivity contribution is 7.89. The quantitative estimate of drug-likeness (QED) is 0.846. The molecule has 1 aromatic carbocycles. The SMILES string of the molecule is CC(NC(=O)CCc1ccsc1)c1ccc(S(N)(=O)=O)cc1. The van der Waals surface area contributed by atoms with Crippen molar-refractivity contribution in [1.29, 1.82) is 0 Å². The molecule has 0 fully saturated rings. The Morgan fingerprint density at radius 2 is 1.95 bits per heavy atom. The predicted molar refractivity (Wildman–Crippen MR) is 87.0 cm³/mol. The summed E-state index contributed by atoms with van der Waals surface area (Å²) in [6.45, 7) is 1.86. The number of carbonyl (C=O) groups excluding carboxylic acids is 1. The minimum Gasteiger partial charge on any atom is -0.350 e. The Morgan fingerprint density at radius 3 is 2.50 bits per heavy atom. The summed E-state index contributed by atoms with van der Waals surface area (Å²) in [4.78, 5) is 12.0. The average Bonchev–Trinajstić information content (AvgIpc) is 2.97. The van der Waals surface area contributed by atoms with Crippen molar-refractivity contribution < 1.29 is 13.2 Å². The second-order valence-electron chi connectivity index (χ2n) is 5.03. The summed E-state index contributed by atoms with van der Waals surface area (Å²) in [5.74, 6) is -0.0331. The first-order chi connectivity index (χ1) is 10.4. The standard InChI is InChI=1S/C15H18N2O3S2/c1-11(13-3-5-14(6-4-13)22(16,19)20)17-15(18)7-2-12-8-9-21-10-12/h3-6,8-11H,2,7H2,1H3,(H,17,18)(H2,16,19,20). The molecule has 0 spiro atoms. The van der Waals surface area contributed by atoms with Crippen LogP contribution in [0.1, 0.15) is 30.5 Å². The van der Waals surface area contributed by atoms with Crippen LogP contribution in [0.4, 0.5) is 0 Å². The molecule has 1 atom stereocenters. The number of sulfonamides is 1. The van der Waals surface area contributed by atoms with Crippen LogP contribution in [-0.4, -0.2) is 14.3 Å². The Morgan fingerprint density at radius 1 is 1.27 bits per heavy atom. The topological polar surface area (TPSA) is 89.3 Å².